The maximum Gasteiger partial charge on any atom is 0.322 e. The molecular weight excluding hydrogens is 561 g/mol. The molecule has 0 bridgehead atoms. The molecule has 0 radical (unpaired) electrons. The molecule has 2 unspecified atom stereocenters. The summed E-state index contributed by atoms with van der Waals surface area (Å²) in [7, 11) is -0.289. The Morgan fingerprint density at radius 3 is 2.44 bits per heavy atom. The summed E-state index contributed by atoms with van der Waals surface area (Å²) >= 11 is 6.80. The summed E-state index contributed by atoms with van der Waals surface area (Å²) in [4.78, 5) is 25.7. The van der Waals surface area contributed by atoms with E-state index >= 15 is 0 Å². The van der Waals surface area contributed by atoms with Gasteiger partial charge in [-0.2, -0.15) is 13.7 Å². The van der Waals surface area contributed by atoms with Crippen LogP contribution in [0.1, 0.15) is 45.1 Å². The van der Waals surface area contributed by atoms with Crippen LogP contribution in [0.3, 0.4) is 0 Å². The average Bonchev–Trinajstić information content (AvgIpc) is 2.85. The SMILES string of the molecule is CC(C#N)(CCC(=O)NCCN)CC(C)(SC(=S)c1ccccc1)C(=O)OCC[N+](C)(C)CCCS(=O)(=O)O. The Bertz CT molecular complexity index is 1120. The zero-order valence-corrected chi connectivity index (χ0v) is 25.6. The van der Waals surface area contributed by atoms with Crippen LogP contribution >= 0.6 is 24.0 Å². The van der Waals surface area contributed by atoms with Crippen LogP contribution in [0.4, 0.5) is 0 Å². The first-order valence-corrected chi connectivity index (χ1v) is 15.5. The number of hydrogen-bond acceptors (Lipinski definition) is 9. The summed E-state index contributed by atoms with van der Waals surface area (Å²) < 4.78 is 36.3. The molecule has 39 heavy (non-hydrogen) atoms. The molecule has 1 aromatic carbocycles. The normalized spacial score (nSPS) is 14.9. The number of quaternary nitrogens is 1. The lowest BCUT2D eigenvalue weighted by molar-refractivity contribution is -0.890. The van der Waals surface area contributed by atoms with E-state index < -0.39 is 26.2 Å². The van der Waals surface area contributed by atoms with Gasteiger partial charge in [-0.1, -0.05) is 54.3 Å². The third kappa shape index (κ3) is 13.7. The highest BCUT2D eigenvalue weighted by atomic mass is 32.2. The van der Waals surface area contributed by atoms with Crippen LogP contribution in [0.5, 0.6) is 0 Å². The fraction of sp³-hybridized carbons (Fsp3) is 0.615. The van der Waals surface area contributed by atoms with Crippen molar-refractivity contribution in [2.24, 2.45) is 11.1 Å². The number of nitrogens with one attached hydrogen (secondary N) is 1. The molecule has 0 saturated heterocycles. The molecule has 1 rings (SSSR count). The number of hydrogen-bond donors (Lipinski definition) is 3. The van der Waals surface area contributed by atoms with Crippen molar-refractivity contribution in [3.63, 3.8) is 0 Å². The van der Waals surface area contributed by atoms with Gasteiger partial charge in [-0.15, -0.1) is 0 Å². The zero-order valence-electron chi connectivity index (χ0n) is 23.1. The summed E-state index contributed by atoms with van der Waals surface area (Å²) in [6, 6.07) is 11.5. The Hall–Kier alpha value is -2.08. The van der Waals surface area contributed by atoms with Crippen LogP contribution in [-0.4, -0.2) is 90.9 Å². The van der Waals surface area contributed by atoms with Gasteiger partial charge in [0.25, 0.3) is 10.1 Å². The Kier molecular flexibility index (Phi) is 14.0. The van der Waals surface area contributed by atoms with Crippen LogP contribution in [0.25, 0.3) is 0 Å². The number of nitrogens with two attached hydrogens (primary N) is 1. The van der Waals surface area contributed by atoms with Crippen molar-refractivity contribution in [3.05, 3.63) is 35.9 Å². The van der Waals surface area contributed by atoms with E-state index in [4.69, 9.17) is 27.2 Å². The number of amides is 1. The van der Waals surface area contributed by atoms with Crippen molar-refractivity contribution in [1.82, 2.24) is 5.32 Å². The molecule has 10 nitrogen and oxygen atoms in total. The minimum absolute atomic E-state index is 0.0662. The number of likely N-dealkylation sites (N-methyl/N-ethyl adjacent to an activating group) is 1. The van der Waals surface area contributed by atoms with Gasteiger partial charge in [0.05, 0.1) is 42.1 Å². The van der Waals surface area contributed by atoms with Crippen LogP contribution in [0.2, 0.25) is 0 Å². The molecule has 1 amide bonds. The number of nitrogens with zero attached hydrogens (tertiary/aromatic N) is 2. The molecule has 218 valence electrons. The standard InChI is InChI=1S/C26H40N4O6S3/c1-25(20-28,12-11-22(31)29-14-13-27)19-26(2,38-23(37)21-9-6-5-7-10-21)24(32)36-17-16-30(3,4)15-8-18-39(33,34)35/h5-7,9-10H,8,11-19,27H2,1-4H3,(H-,29,31,33,34,35)/p+1. The quantitative estimate of drug-likeness (QED) is 0.105. The van der Waals surface area contributed by atoms with Crippen LogP contribution in [-0.2, 0) is 24.4 Å². The molecule has 13 heteroatoms. The molecule has 0 spiro atoms. The Morgan fingerprint density at radius 1 is 1.23 bits per heavy atom. The molecule has 2 atom stereocenters. The van der Waals surface area contributed by atoms with Crippen LogP contribution in [0.15, 0.2) is 30.3 Å². The molecule has 4 N–H and O–H groups in total. The smallest absolute Gasteiger partial charge is 0.322 e. The fourth-order valence-corrected chi connectivity index (χ4v) is 6.31. The maximum atomic E-state index is 13.5. The van der Waals surface area contributed by atoms with Gasteiger partial charge in [0, 0.05) is 25.9 Å². The van der Waals surface area contributed by atoms with Crippen molar-refractivity contribution in [2.75, 3.05) is 52.6 Å². The highest BCUT2D eigenvalue weighted by Crippen LogP contribution is 2.42. The number of carbonyl (C=O) groups excluding carboxylic acids is 2. The third-order valence-electron chi connectivity index (χ3n) is 6.22. The van der Waals surface area contributed by atoms with E-state index in [1.807, 2.05) is 44.4 Å². The van der Waals surface area contributed by atoms with Crippen molar-refractivity contribution in [2.45, 2.75) is 44.3 Å². The second-order valence-electron chi connectivity index (χ2n) is 10.6. The number of thiocarbonyl (C=S) groups is 1. The second kappa shape index (κ2) is 15.6. The van der Waals surface area contributed by atoms with E-state index in [1.54, 1.807) is 13.8 Å². The zero-order chi connectivity index (χ0) is 29.7. The number of ether oxygens (including phenoxy) is 1. The number of esters is 1. The fourth-order valence-electron chi connectivity index (χ4n) is 3.93. The lowest BCUT2D eigenvalue weighted by Gasteiger charge is -2.34. The monoisotopic (exact) mass is 601 g/mol. The van der Waals surface area contributed by atoms with E-state index in [2.05, 4.69) is 11.4 Å². The topological polar surface area (TPSA) is 160 Å². The van der Waals surface area contributed by atoms with Gasteiger partial charge in [-0.3, -0.25) is 14.1 Å². The van der Waals surface area contributed by atoms with E-state index in [0.717, 1.165) is 17.3 Å². The Morgan fingerprint density at radius 2 is 1.87 bits per heavy atom. The highest BCUT2D eigenvalue weighted by Gasteiger charge is 2.44. The lowest BCUT2D eigenvalue weighted by Crippen LogP contribution is -2.45. The summed E-state index contributed by atoms with van der Waals surface area (Å²) in [5.41, 5.74) is 5.19. The van der Waals surface area contributed by atoms with Gasteiger partial charge in [0.1, 0.15) is 17.9 Å². The molecule has 0 aliphatic rings. The van der Waals surface area contributed by atoms with E-state index in [-0.39, 0.29) is 44.0 Å². The summed E-state index contributed by atoms with van der Waals surface area (Å²) in [6.07, 6.45) is 0.708. The Balaban J connectivity index is 3.01. The third-order valence-corrected chi connectivity index (χ3v) is 8.70. The first kappa shape index (κ1) is 34.9. The predicted octanol–water partition coefficient (Wildman–Crippen LogP) is 2.53. The summed E-state index contributed by atoms with van der Waals surface area (Å²) in [5.74, 6) is -1.08. The van der Waals surface area contributed by atoms with Crippen LogP contribution < -0.4 is 11.1 Å². The molecule has 0 aromatic heterocycles. The molecule has 0 aliphatic heterocycles. The van der Waals surface area contributed by atoms with Gasteiger partial charge < -0.3 is 20.3 Å². The van der Waals surface area contributed by atoms with E-state index in [0.29, 0.717) is 34.9 Å². The first-order valence-electron chi connectivity index (χ1n) is 12.7. The van der Waals surface area contributed by atoms with Gasteiger partial charge in [-0.25, -0.2) is 0 Å². The second-order valence-corrected chi connectivity index (χ2v) is 14.4. The van der Waals surface area contributed by atoms with E-state index in [1.165, 1.54) is 0 Å². The van der Waals surface area contributed by atoms with Gasteiger partial charge in [0.15, 0.2) is 0 Å². The molecule has 0 fully saturated rings. The molecule has 0 aliphatic carbocycles. The van der Waals surface area contributed by atoms with Gasteiger partial charge >= 0.3 is 5.97 Å². The molecule has 0 heterocycles. The highest BCUT2D eigenvalue weighted by molar-refractivity contribution is 8.25. The van der Waals surface area contributed by atoms with Crippen molar-refractivity contribution >= 4 is 50.2 Å². The lowest BCUT2D eigenvalue weighted by atomic mass is 9.78. The average molecular weight is 602 g/mol. The minimum Gasteiger partial charge on any atom is -0.459 e. The predicted molar refractivity (Wildman–Crippen MR) is 158 cm³/mol. The molecular formula is C26H41N4O6S3+. The number of nitriles is 1. The number of thioether (sulfide) groups is 1. The van der Waals surface area contributed by atoms with Crippen LogP contribution in [0, 0.1) is 16.7 Å². The first-order chi connectivity index (χ1) is 18.0. The number of carbonyl (C=O) groups is 2. The largest absolute Gasteiger partial charge is 0.459 e. The number of benzene rings is 1. The summed E-state index contributed by atoms with van der Waals surface area (Å²) in [6.45, 7) is 5.02. The minimum atomic E-state index is -4.04. The summed E-state index contributed by atoms with van der Waals surface area (Å²) in [5, 5.41) is 12.7. The maximum absolute atomic E-state index is 13.5. The van der Waals surface area contributed by atoms with Gasteiger partial charge in [-0.05, 0) is 32.3 Å². The van der Waals surface area contributed by atoms with Crippen molar-refractivity contribution in [3.8, 4) is 6.07 Å². The van der Waals surface area contributed by atoms with Gasteiger partial charge in [0.2, 0.25) is 5.91 Å². The van der Waals surface area contributed by atoms with E-state index in [9.17, 15) is 23.3 Å². The molecule has 1 aromatic rings. The molecule has 0 saturated carbocycles. The number of rotatable bonds is 17. The van der Waals surface area contributed by atoms with Crippen molar-refractivity contribution in [1.29, 1.82) is 5.26 Å². The van der Waals surface area contributed by atoms with Crippen molar-refractivity contribution < 1.29 is 31.8 Å². The Labute approximate surface area is 242 Å².